The Morgan fingerprint density at radius 3 is 2.10 bits per heavy atom. The van der Waals surface area contributed by atoms with Crippen LogP contribution in [0.15, 0.2) is 48.5 Å². The van der Waals surface area contributed by atoms with Crippen LogP contribution in [0.1, 0.15) is 23.6 Å². The summed E-state index contributed by atoms with van der Waals surface area (Å²) in [6, 6.07) is 18.8. The van der Waals surface area contributed by atoms with Gasteiger partial charge in [0.2, 0.25) is 0 Å². The molecule has 0 bridgehead atoms. The highest BCUT2D eigenvalue weighted by atomic mass is 15.2. The van der Waals surface area contributed by atoms with Crippen LogP contribution in [0.3, 0.4) is 0 Å². The fourth-order valence-corrected chi connectivity index (χ4v) is 3.78. The van der Waals surface area contributed by atoms with E-state index in [4.69, 9.17) is 0 Å². The number of rotatable bonds is 2. The molecule has 4 rings (SSSR count). The monoisotopic (exact) mass is 264 g/mol. The summed E-state index contributed by atoms with van der Waals surface area (Å²) in [5.74, 6) is 0. The van der Waals surface area contributed by atoms with E-state index in [2.05, 4.69) is 65.8 Å². The normalized spacial score (nSPS) is 21.9. The first kappa shape index (κ1) is 12.1. The molecule has 1 aliphatic carbocycles. The smallest absolute Gasteiger partial charge is 0.0614 e. The van der Waals surface area contributed by atoms with E-state index in [1.807, 2.05) is 0 Å². The number of nitrogens with one attached hydrogen (secondary N) is 1. The summed E-state index contributed by atoms with van der Waals surface area (Å²) in [4.78, 5) is 2.63. The zero-order chi connectivity index (χ0) is 13.5. The van der Waals surface area contributed by atoms with E-state index in [0.717, 1.165) is 6.54 Å². The van der Waals surface area contributed by atoms with Gasteiger partial charge in [0.05, 0.1) is 6.04 Å². The van der Waals surface area contributed by atoms with Crippen molar-refractivity contribution in [1.82, 2.24) is 10.2 Å². The van der Waals surface area contributed by atoms with Crippen LogP contribution in [-0.4, -0.2) is 31.1 Å². The molecule has 0 spiro atoms. The molecule has 0 aromatic heterocycles. The van der Waals surface area contributed by atoms with Crippen LogP contribution in [0, 0.1) is 0 Å². The maximum absolute atomic E-state index is 3.42. The van der Waals surface area contributed by atoms with Gasteiger partial charge in [-0.15, -0.1) is 0 Å². The molecule has 2 heteroatoms. The molecular formula is C18H20N2. The Balaban J connectivity index is 1.80. The Kier molecular flexibility index (Phi) is 2.86. The minimum Gasteiger partial charge on any atom is -0.316 e. The van der Waals surface area contributed by atoms with Crippen molar-refractivity contribution >= 4 is 0 Å². The van der Waals surface area contributed by atoms with E-state index in [1.165, 1.54) is 35.2 Å². The molecule has 2 aliphatic rings. The lowest BCUT2D eigenvalue weighted by atomic mass is 10.0. The molecule has 0 radical (unpaired) electrons. The lowest BCUT2D eigenvalue weighted by molar-refractivity contribution is 0.278. The van der Waals surface area contributed by atoms with Gasteiger partial charge in [0.25, 0.3) is 0 Å². The number of nitrogens with zero attached hydrogens (tertiary/aromatic N) is 1. The van der Waals surface area contributed by atoms with Crippen molar-refractivity contribution in [3.8, 4) is 11.1 Å². The summed E-state index contributed by atoms with van der Waals surface area (Å²) in [6.07, 6.45) is 1.25. The lowest BCUT2D eigenvalue weighted by Gasteiger charge is -2.26. The minimum atomic E-state index is 0.445. The quantitative estimate of drug-likeness (QED) is 0.897. The molecule has 1 aliphatic heterocycles. The molecule has 1 N–H and O–H groups in total. The number of likely N-dealkylation sites (N-methyl/N-ethyl adjacent to an activating group) is 1. The first-order chi connectivity index (χ1) is 9.88. The summed E-state index contributed by atoms with van der Waals surface area (Å²) >= 11 is 0. The van der Waals surface area contributed by atoms with Crippen LogP contribution < -0.4 is 5.32 Å². The second-order valence-electron chi connectivity index (χ2n) is 5.85. The van der Waals surface area contributed by atoms with Crippen molar-refractivity contribution in [3.63, 3.8) is 0 Å². The van der Waals surface area contributed by atoms with Gasteiger partial charge in [-0.05, 0) is 35.7 Å². The van der Waals surface area contributed by atoms with Gasteiger partial charge >= 0.3 is 0 Å². The third-order valence-electron chi connectivity index (χ3n) is 4.79. The summed E-state index contributed by atoms with van der Waals surface area (Å²) in [5.41, 5.74) is 5.79. The van der Waals surface area contributed by atoms with E-state index in [9.17, 15) is 0 Å². The van der Waals surface area contributed by atoms with Gasteiger partial charge in [0.15, 0.2) is 0 Å². The first-order valence-electron chi connectivity index (χ1n) is 7.48. The number of likely N-dealkylation sites (tertiary alicyclic amines) is 1. The van der Waals surface area contributed by atoms with Crippen LogP contribution in [0.4, 0.5) is 0 Å². The zero-order valence-corrected chi connectivity index (χ0v) is 11.8. The topological polar surface area (TPSA) is 15.3 Å². The molecule has 0 amide bonds. The van der Waals surface area contributed by atoms with Crippen LogP contribution in [-0.2, 0) is 0 Å². The molecule has 102 valence electrons. The van der Waals surface area contributed by atoms with Gasteiger partial charge in [-0.25, -0.2) is 0 Å². The highest BCUT2D eigenvalue weighted by molar-refractivity contribution is 5.78. The van der Waals surface area contributed by atoms with E-state index >= 15 is 0 Å². The highest BCUT2D eigenvalue weighted by Crippen LogP contribution is 2.46. The fraction of sp³-hybridized carbons (Fsp3) is 0.333. The fourth-order valence-electron chi connectivity index (χ4n) is 3.78. The zero-order valence-electron chi connectivity index (χ0n) is 11.8. The SMILES string of the molecule is CNC1CCN(C2c3ccccc3-c3ccccc32)C1. The van der Waals surface area contributed by atoms with Crippen LogP contribution in [0.5, 0.6) is 0 Å². The Morgan fingerprint density at radius 1 is 0.950 bits per heavy atom. The van der Waals surface area contributed by atoms with Crippen LogP contribution >= 0.6 is 0 Å². The van der Waals surface area contributed by atoms with Crippen molar-refractivity contribution in [3.05, 3.63) is 59.7 Å². The maximum Gasteiger partial charge on any atom is 0.0614 e. The number of hydrogen-bond acceptors (Lipinski definition) is 2. The van der Waals surface area contributed by atoms with E-state index in [0.29, 0.717) is 12.1 Å². The average molecular weight is 264 g/mol. The Morgan fingerprint density at radius 2 is 1.55 bits per heavy atom. The van der Waals surface area contributed by atoms with Crippen LogP contribution in [0.2, 0.25) is 0 Å². The van der Waals surface area contributed by atoms with Crippen molar-refractivity contribution in [1.29, 1.82) is 0 Å². The van der Waals surface area contributed by atoms with Gasteiger partial charge < -0.3 is 5.32 Å². The predicted octanol–water partition coefficient (Wildman–Crippen LogP) is 3.05. The van der Waals surface area contributed by atoms with E-state index < -0.39 is 0 Å². The molecule has 2 aromatic rings. The van der Waals surface area contributed by atoms with Crippen molar-refractivity contribution < 1.29 is 0 Å². The summed E-state index contributed by atoms with van der Waals surface area (Å²) in [6.45, 7) is 2.32. The average Bonchev–Trinajstić information content (AvgIpc) is 3.09. The van der Waals surface area contributed by atoms with Crippen molar-refractivity contribution in [2.24, 2.45) is 0 Å². The highest BCUT2D eigenvalue weighted by Gasteiger charge is 2.35. The standard InChI is InChI=1S/C18H20N2/c1-19-13-10-11-20(12-13)18-16-8-4-2-6-14(16)15-7-3-5-9-17(15)18/h2-9,13,18-19H,10-12H2,1H3. The molecule has 1 unspecified atom stereocenters. The van der Waals surface area contributed by atoms with Crippen molar-refractivity contribution in [2.45, 2.75) is 18.5 Å². The van der Waals surface area contributed by atoms with Gasteiger partial charge in [-0.2, -0.15) is 0 Å². The molecule has 1 saturated heterocycles. The van der Waals surface area contributed by atoms with Gasteiger partial charge in [0.1, 0.15) is 0 Å². The van der Waals surface area contributed by atoms with E-state index in [1.54, 1.807) is 0 Å². The Bertz CT molecular complexity index is 589. The minimum absolute atomic E-state index is 0.445. The van der Waals surface area contributed by atoms with Crippen molar-refractivity contribution in [2.75, 3.05) is 20.1 Å². The molecule has 20 heavy (non-hydrogen) atoms. The first-order valence-corrected chi connectivity index (χ1v) is 7.48. The lowest BCUT2D eigenvalue weighted by Crippen LogP contribution is -2.31. The molecule has 1 atom stereocenters. The summed E-state index contributed by atoms with van der Waals surface area (Å²) in [7, 11) is 2.07. The maximum atomic E-state index is 3.42. The molecule has 1 fully saturated rings. The molecule has 2 aromatic carbocycles. The molecule has 0 saturated carbocycles. The molecule has 2 nitrogen and oxygen atoms in total. The van der Waals surface area contributed by atoms with Gasteiger partial charge in [-0.3, -0.25) is 4.90 Å². The molecule has 1 heterocycles. The second kappa shape index (κ2) is 4.72. The number of fused-ring (bicyclic) bond motifs is 3. The Hall–Kier alpha value is -1.64. The van der Waals surface area contributed by atoms with Gasteiger partial charge in [0, 0.05) is 19.1 Å². The third kappa shape index (κ3) is 1.72. The predicted molar refractivity (Wildman–Crippen MR) is 82.8 cm³/mol. The number of hydrogen-bond donors (Lipinski definition) is 1. The summed E-state index contributed by atoms with van der Waals surface area (Å²) < 4.78 is 0. The summed E-state index contributed by atoms with van der Waals surface area (Å²) in [5, 5.41) is 3.42. The molecular weight excluding hydrogens is 244 g/mol. The largest absolute Gasteiger partial charge is 0.316 e. The number of benzene rings is 2. The van der Waals surface area contributed by atoms with E-state index in [-0.39, 0.29) is 0 Å². The van der Waals surface area contributed by atoms with Gasteiger partial charge in [-0.1, -0.05) is 48.5 Å². The second-order valence-corrected chi connectivity index (χ2v) is 5.85. The third-order valence-corrected chi connectivity index (χ3v) is 4.79. The van der Waals surface area contributed by atoms with Crippen LogP contribution in [0.25, 0.3) is 11.1 Å². The Labute approximate surface area is 120 Å².